The van der Waals surface area contributed by atoms with Crippen LogP contribution in [-0.2, 0) is 11.3 Å². The molecule has 108 valence electrons. The zero-order chi connectivity index (χ0) is 13.9. The summed E-state index contributed by atoms with van der Waals surface area (Å²) >= 11 is 3.56. The van der Waals surface area contributed by atoms with E-state index in [0.29, 0.717) is 0 Å². The van der Waals surface area contributed by atoms with Crippen LogP contribution in [-0.4, -0.2) is 26.9 Å². The zero-order valence-corrected chi connectivity index (χ0v) is 13.5. The molecule has 3 nitrogen and oxygen atoms in total. The van der Waals surface area contributed by atoms with E-state index in [2.05, 4.69) is 40.3 Å². The summed E-state index contributed by atoms with van der Waals surface area (Å²) in [4.78, 5) is 0. The van der Waals surface area contributed by atoms with Crippen molar-refractivity contribution in [3.63, 3.8) is 0 Å². The fourth-order valence-corrected chi connectivity index (χ4v) is 2.25. The van der Waals surface area contributed by atoms with Gasteiger partial charge in [0, 0.05) is 20.2 Å². The molecule has 0 aliphatic heterocycles. The molecule has 0 unspecified atom stereocenters. The van der Waals surface area contributed by atoms with Crippen molar-refractivity contribution in [1.29, 1.82) is 0 Å². The van der Waals surface area contributed by atoms with Crippen molar-refractivity contribution in [2.24, 2.45) is 0 Å². The summed E-state index contributed by atoms with van der Waals surface area (Å²) in [6.07, 6.45) is 3.55. The first-order chi connectivity index (χ1) is 9.27. The van der Waals surface area contributed by atoms with Gasteiger partial charge in [-0.15, -0.1) is 0 Å². The number of ether oxygens (including phenoxy) is 2. The first-order valence-electron chi connectivity index (χ1n) is 6.88. The third kappa shape index (κ3) is 6.95. The van der Waals surface area contributed by atoms with Crippen LogP contribution in [0.15, 0.2) is 22.7 Å². The highest BCUT2D eigenvalue weighted by Gasteiger charge is 2.02. The van der Waals surface area contributed by atoms with Gasteiger partial charge in [0.05, 0.1) is 17.7 Å². The van der Waals surface area contributed by atoms with Crippen LogP contribution in [0, 0.1) is 0 Å². The molecule has 0 aliphatic rings. The molecule has 0 saturated heterocycles. The third-order valence-corrected chi connectivity index (χ3v) is 3.43. The summed E-state index contributed by atoms with van der Waals surface area (Å²) in [5.74, 6) is 0.928. The van der Waals surface area contributed by atoms with Gasteiger partial charge >= 0.3 is 0 Å². The Hall–Kier alpha value is -0.580. The van der Waals surface area contributed by atoms with E-state index in [9.17, 15) is 0 Å². The minimum atomic E-state index is 0.736. The molecule has 0 amide bonds. The van der Waals surface area contributed by atoms with Crippen molar-refractivity contribution >= 4 is 15.9 Å². The van der Waals surface area contributed by atoms with Crippen molar-refractivity contribution in [3.8, 4) is 5.75 Å². The van der Waals surface area contributed by atoms with Crippen LogP contribution < -0.4 is 10.1 Å². The Morgan fingerprint density at radius 3 is 2.74 bits per heavy atom. The SMILES string of the molecule is CCCCCOc1ccc(CNCCOC)cc1Br. The molecular weight excluding hydrogens is 306 g/mol. The van der Waals surface area contributed by atoms with Gasteiger partial charge in [-0.25, -0.2) is 0 Å². The van der Waals surface area contributed by atoms with Crippen LogP contribution in [0.5, 0.6) is 5.75 Å². The van der Waals surface area contributed by atoms with E-state index >= 15 is 0 Å². The normalized spacial score (nSPS) is 10.7. The first-order valence-corrected chi connectivity index (χ1v) is 7.68. The van der Waals surface area contributed by atoms with Gasteiger partial charge in [-0.2, -0.15) is 0 Å². The highest BCUT2D eigenvalue weighted by Crippen LogP contribution is 2.26. The average molecular weight is 330 g/mol. The Kier molecular flexibility index (Phi) is 8.88. The van der Waals surface area contributed by atoms with E-state index < -0.39 is 0 Å². The summed E-state index contributed by atoms with van der Waals surface area (Å²) in [6, 6.07) is 6.23. The van der Waals surface area contributed by atoms with Crippen LogP contribution in [0.3, 0.4) is 0 Å². The van der Waals surface area contributed by atoms with Gasteiger partial charge < -0.3 is 14.8 Å². The van der Waals surface area contributed by atoms with Gasteiger partial charge in [-0.1, -0.05) is 25.8 Å². The van der Waals surface area contributed by atoms with Crippen molar-refractivity contribution < 1.29 is 9.47 Å². The van der Waals surface area contributed by atoms with Crippen LogP contribution in [0.25, 0.3) is 0 Å². The van der Waals surface area contributed by atoms with E-state index in [-0.39, 0.29) is 0 Å². The highest BCUT2D eigenvalue weighted by atomic mass is 79.9. The Balaban J connectivity index is 2.36. The average Bonchev–Trinajstić information content (AvgIpc) is 2.42. The molecule has 0 fully saturated rings. The molecular formula is C15H24BrNO2. The van der Waals surface area contributed by atoms with Gasteiger partial charge in [0.15, 0.2) is 0 Å². The smallest absolute Gasteiger partial charge is 0.133 e. The Bertz CT molecular complexity index is 358. The molecule has 0 saturated carbocycles. The number of methoxy groups -OCH3 is 1. The molecule has 0 radical (unpaired) electrons. The van der Waals surface area contributed by atoms with Crippen molar-refractivity contribution in [1.82, 2.24) is 5.32 Å². The van der Waals surface area contributed by atoms with E-state index in [1.54, 1.807) is 7.11 Å². The largest absolute Gasteiger partial charge is 0.492 e. The topological polar surface area (TPSA) is 30.5 Å². The molecule has 0 aromatic heterocycles. The van der Waals surface area contributed by atoms with Gasteiger partial charge in [0.2, 0.25) is 0 Å². The van der Waals surface area contributed by atoms with Gasteiger partial charge in [-0.3, -0.25) is 0 Å². The predicted octanol–water partition coefficient (Wildman–Crippen LogP) is 3.75. The molecule has 1 aromatic carbocycles. The molecule has 0 heterocycles. The van der Waals surface area contributed by atoms with Gasteiger partial charge in [0.25, 0.3) is 0 Å². The molecule has 1 aromatic rings. The summed E-state index contributed by atoms with van der Waals surface area (Å²) in [6.45, 7) is 5.43. The van der Waals surface area contributed by atoms with Crippen LogP contribution in [0.1, 0.15) is 31.7 Å². The second kappa shape index (κ2) is 10.2. The molecule has 1 N–H and O–H groups in total. The van der Waals surface area contributed by atoms with Crippen LogP contribution in [0.4, 0.5) is 0 Å². The number of halogens is 1. The van der Waals surface area contributed by atoms with Crippen molar-refractivity contribution in [2.75, 3.05) is 26.9 Å². The molecule has 1 rings (SSSR count). The second-order valence-electron chi connectivity index (χ2n) is 4.49. The zero-order valence-electron chi connectivity index (χ0n) is 11.9. The third-order valence-electron chi connectivity index (χ3n) is 2.81. The van der Waals surface area contributed by atoms with E-state index in [4.69, 9.17) is 9.47 Å². The predicted molar refractivity (Wildman–Crippen MR) is 82.7 cm³/mol. The van der Waals surface area contributed by atoms with Crippen molar-refractivity contribution in [3.05, 3.63) is 28.2 Å². The lowest BCUT2D eigenvalue weighted by Crippen LogP contribution is -2.18. The van der Waals surface area contributed by atoms with Crippen LogP contribution >= 0.6 is 15.9 Å². The van der Waals surface area contributed by atoms with E-state index in [1.807, 2.05) is 6.07 Å². The number of benzene rings is 1. The summed E-state index contributed by atoms with van der Waals surface area (Å²) in [7, 11) is 1.71. The Labute approximate surface area is 124 Å². The number of unbranched alkanes of at least 4 members (excludes halogenated alkanes) is 2. The lowest BCUT2D eigenvalue weighted by Gasteiger charge is -2.10. The monoisotopic (exact) mass is 329 g/mol. The van der Waals surface area contributed by atoms with Crippen LogP contribution in [0.2, 0.25) is 0 Å². The number of rotatable bonds is 10. The maximum atomic E-state index is 5.75. The number of nitrogens with one attached hydrogen (secondary N) is 1. The summed E-state index contributed by atoms with van der Waals surface area (Å²) in [5.41, 5.74) is 1.24. The molecule has 0 spiro atoms. The Morgan fingerprint density at radius 2 is 2.05 bits per heavy atom. The Morgan fingerprint density at radius 1 is 1.21 bits per heavy atom. The fourth-order valence-electron chi connectivity index (χ4n) is 1.71. The van der Waals surface area contributed by atoms with E-state index in [0.717, 1.165) is 42.9 Å². The lowest BCUT2D eigenvalue weighted by molar-refractivity contribution is 0.199. The molecule has 4 heteroatoms. The van der Waals surface area contributed by atoms with Gasteiger partial charge in [-0.05, 0) is 40.0 Å². The quantitative estimate of drug-likeness (QED) is 0.663. The second-order valence-corrected chi connectivity index (χ2v) is 5.34. The lowest BCUT2D eigenvalue weighted by atomic mass is 10.2. The molecule has 0 atom stereocenters. The molecule has 19 heavy (non-hydrogen) atoms. The molecule has 0 aliphatic carbocycles. The summed E-state index contributed by atoms with van der Waals surface area (Å²) in [5, 5.41) is 3.32. The highest BCUT2D eigenvalue weighted by molar-refractivity contribution is 9.10. The van der Waals surface area contributed by atoms with Crippen molar-refractivity contribution in [2.45, 2.75) is 32.7 Å². The first kappa shape index (κ1) is 16.5. The number of hydrogen-bond acceptors (Lipinski definition) is 3. The minimum absolute atomic E-state index is 0.736. The molecule has 0 bridgehead atoms. The summed E-state index contributed by atoms with van der Waals surface area (Å²) < 4.78 is 11.8. The van der Waals surface area contributed by atoms with Gasteiger partial charge in [0.1, 0.15) is 5.75 Å². The number of hydrogen-bond donors (Lipinski definition) is 1. The fraction of sp³-hybridized carbons (Fsp3) is 0.600. The minimum Gasteiger partial charge on any atom is -0.492 e. The standard InChI is InChI=1S/C15H24BrNO2/c1-3-4-5-9-19-15-7-6-13(11-14(15)16)12-17-8-10-18-2/h6-7,11,17H,3-5,8-10,12H2,1-2H3. The maximum absolute atomic E-state index is 5.75. The maximum Gasteiger partial charge on any atom is 0.133 e. The van der Waals surface area contributed by atoms with E-state index in [1.165, 1.54) is 18.4 Å².